The van der Waals surface area contributed by atoms with Gasteiger partial charge in [0.15, 0.2) is 11.5 Å². The molecule has 1 aliphatic rings. The summed E-state index contributed by atoms with van der Waals surface area (Å²) in [5, 5.41) is 12.8. The van der Waals surface area contributed by atoms with Gasteiger partial charge in [0.25, 0.3) is 0 Å². The zero-order valence-electron chi connectivity index (χ0n) is 20.6. The molecule has 3 aromatic heterocycles. The fraction of sp³-hybridized carbons (Fsp3) is 0.286. The fourth-order valence-electron chi connectivity index (χ4n) is 4.79. The summed E-state index contributed by atoms with van der Waals surface area (Å²) in [5.74, 6) is 2.31. The van der Waals surface area contributed by atoms with Gasteiger partial charge in [0.2, 0.25) is 5.91 Å². The van der Waals surface area contributed by atoms with Gasteiger partial charge < -0.3 is 15.0 Å². The minimum absolute atomic E-state index is 0.127. The summed E-state index contributed by atoms with van der Waals surface area (Å²) in [7, 11) is 0. The van der Waals surface area contributed by atoms with Crippen molar-refractivity contribution >= 4 is 44.3 Å². The van der Waals surface area contributed by atoms with Crippen molar-refractivity contribution in [3.63, 3.8) is 0 Å². The second-order valence-corrected chi connectivity index (χ2v) is 10.3. The van der Waals surface area contributed by atoms with Gasteiger partial charge in [-0.3, -0.25) is 9.89 Å². The summed E-state index contributed by atoms with van der Waals surface area (Å²) in [5.41, 5.74) is 2.72. The Bertz CT molecular complexity index is 1510. The number of nitrogens with one attached hydrogen (secondary N) is 2. The summed E-state index contributed by atoms with van der Waals surface area (Å²) in [6.45, 7) is 3.54. The number of aromatic amines is 1. The molecular formula is C28H28N6O2S. The molecule has 188 valence electrons. The van der Waals surface area contributed by atoms with E-state index in [1.54, 1.807) is 17.5 Å². The molecule has 0 radical (unpaired) electrons. The smallest absolute Gasteiger partial charge is 0.222 e. The molecule has 1 amide bonds. The Morgan fingerprint density at radius 3 is 2.89 bits per heavy atom. The quantitative estimate of drug-likeness (QED) is 0.268. The number of ether oxygens (including phenoxy) is 1. The largest absolute Gasteiger partial charge is 0.456 e. The zero-order valence-corrected chi connectivity index (χ0v) is 21.4. The van der Waals surface area contributed by atoms with E-state index in [0.717, 1.165) is 53.0 Å². The van der Waals surface area contributed by atoms with Gasteiger partial charge in [-0.2, -0.15) is 5.10 Å². The van der Waals surface area contributed by atoms with E-state index >= 15 is 0 Å². The number of likely N-dealkylation sites (tertiary alicyclic amines) is 1. The van der Waals surface area contributed by atoms with Crippen molar-refractivity contribution in [2.75, 3.05) is 18.4 Å². The van der Waals surface area contributed by atoms with Gasteiger partial charge in [-0.25, -0.2) is 9.97 Å². The summed E-state index contributed by atoms with van der Waals surface area (Å²) in [6, 6.07) is 18.1. The maximum atomic E-state index is 12.4. The van der Waals surface area contributed by atoms with E-state index < -0.39 is 0 Å². The minimum Gasteiger partial charge on any atom is -0.456 e. The molecule has 0 spiro atoms. The molecule has 37 heavy (non-hydrogen) atoms. The van der Waals surface area contributed by atoms with Crippen molar-refractivity contribution in [2.45, 2.75) is 38.6 Å². The van der Waals surface area contributed by atoms with E-state index in [4.69, 9.17) is 9.72 Å². The number of fused-ring (bicyclic) bond motifs is 2. The first-order valence-electron chi connectivity index (χ1n) is 12.7. The topological polar surface area (TPSA) is 96.0 Å². The molecule has 0 aliphatic carbocycles. The number of hydrogen-bond donors (Lipinski definition) is 2. The number of benzene rings is 2. The number of nitrogens with zero attached hydrogens (tertiary/aromatic N) is 4. The number of anilines is 1. The third-order valence-electron chi connectivity index (χ3n) is 6.62. The molecule has 1 atom stereocenters. The maximum absolute atomic E-state index is 12.4. The number of carbonyl (C=O) groups excluding carboxylic acids is 1. The van der Waals surface area contributed by atoms with Crippen LogP contribution in [-0.2, 0) is 4.79 Å². The molecule has 0 unspecified atom stereocenters. The Balaban J connectivity index is 1.21. The normalized spacial score (nSPS) is 15.8. The lowest BCUT2D eigenvalue weighted by Gasteiger charge is -2.33. The minimum atomic E-state index is 0.127. The van der Waals surface area contributed by atoms with E-state index in [1.165, 1.54) is 4.70 Å². The lowest BCUT2D eigenvalue weighted by molar-refractivity contribution is -0.132. The Labute approximate surface area is 218 Å². The maximum Gasteiger partial charge on any atom is 0.222 e. The first-order valence-corrected chi connectivity index (χ1v) is 13.5. The molecule has 8 nitrogen and oxygen atoms in total. The first kappa shape index (κ1) is 23.4. The van der Waals surface area contributed by atoms with E-state index in [1.807, 2.05) is 60.4 Å². The van der Waals surface area contributed by atoms with E-state index in [2.05, 4.69) is 26.6 Å². The van der Waals surface area contributed by atoms with E-state index in [9.17, 15) is 4.79 Å². The highest BCUT2D eigenvalue weighted by molar-refractivity contribution is 7.21. The van der Waals surface area contributed by atoms with Crippen molar-refractivity contribution in [2.24, 2.45) is 0 Å². The number of H-pyrrole nitrogens is 1. The molecule has 6 rings (SSSR count). The van der Waals surface area contributed by atoms with E-state index in [-0.39, 0.29) is 11.9 Å². The van der Waals surface area contributed by atoms with Gasteiger partial charge >= 0.3 is 0 Å². The molecule has 2 N–H and O–H groups in total. The molecule has 0 bridgehead atoms. The SMILES string of the molecule is CCCC(=O)N1CCC[C@@H](Nc2n[nH]c3nccc(Oc4ccc(-c5nc6ccccc6s5)cc4)c23)C1. The van der Waals surface area contributed by atoms with Crippen molar-refractivity contribution in [3.8, 4) is 22.1 Å². The lowest BCUT2D eigenvalue weighted by atomic mass is 10.0. The van der Waals surface area contributed by atoms with Crippen LogP contribution in [0.15, 0.2) is 60.8 Å². The Morgan fingerprint density at radius 1 is 1.19 bits per heavy atom. The summed E-state index contributed by atoms with van der Waals surface area (Å²) in [4.78, 5) is 23.6. The monoisotopic (exact) mass is 512 g/mol. The van der Waals surface area contributed by atoms with Crippen LogP contribution in [0.2, 0.25) is 0 Å². The zero-order chi connectivity index (χ0) is 25.2. The van der Waals surface area contributed by atoms with Crippen LogP contribution in [0.3, 0.4) is 0 Å². The third kappa shape index (κ3) is 4.86. The van der Waals surface area contributed by atoms with Crippen molar-refractivity contribution < 1.29 is 9.53 Å². The highest BCUT2D eigenvalue weighted by Gasteiger charge is 2.25. The molecule has 1 saturated heterocycles. The average molecular weight is 513 g/mol. The highest BCUT2D eigenvalue weighted by atomic mass is 32.1. The Morgan fingerprint density at radius 2 is 2.05 bits per heavy atom. The van der Waals surface area contributed by atoms with Crippen LogP contribution >= 0.6 is 11.3 Å². The predicted molar refractivity (Wildman–Crippen MR) is 147 cm³/mol. The number of hydrogen-bond acceptors (Lipinski definition) is 7. The number of para-hydroxylation sites is 1. The molecule has 1 fully saturated rings. The Hall–Kier alpha value is -3.98. The number of pyridine rings is 1. The fourth-order valence-corrected chi connectivity index (χ4v) is 5.76. The van der Waals surface area contributed by atoms with Crippen LogP contribution in [0.25, 0.3) is 31.8 Å². The van der Waals surface area contributed by atoms with Gasteiger partial charge in [0.05, 0.1) is 10.2 Å². The summed E-state index contributed by atoms with van der Waals surface area (Å²) >= 11 is 1.68. The molecule has 9 heteroatoms. The molecule has 4 heterocycles. The first-order chi connectivity index (χ1) is 18.2. The van der Waals surface area contributed by atoms with Crippen LogP contribution in [0.1, 0.15) is 32.6 Å². The van der Waals surface area contributed by atoms with Gasteiger partial charge in [-0.1, -0.05) is 19.1 Å². The highest BCUT2D eigenvalue weighted by Crippen LogP contribution is 2.35. The van der Waals surface area contributed by atoms with Crippen LogP contribution < -0.4 is 10.1 Å². The third-order valence-corrected chi connectivity index (χ3v) is 7.71. The number of amides is 1. The number of carbonyl (C=O) groups is 1. The van der Waals surface area contributed by atoms with Crippen LogP contribution in [-0.4, -0.2) is 50.1 Å². The number of piperidine rings is 1. The standard InChI is InChI=1S/C28H28N6O2S/c1-2-6-24(35)34-16-5-7-19(17-34)30-27-25-22(14-15-29-26(25)32-33-27)36-20-12-10-18(11-13-20)28-31-21-8-3-4-9-23(21)37-28/h3-4,8-15,19H,2,5-7,16-17H2,1H3,(H2,29,30,32,33)/t19-/m1/s1. The second-order valence-electron chi connectivity index (χ2n) is 9.29. The molecule has 5 aromatic rings. The van der Waals surface area contributed by atoms with Gasteiger partial charge in [0.1, 0.15) is 21.9 Å². The molecule has 1 aliphatic heterocycles. The average Bonchev–Trinajstić information content (AvgIpc) is 3.54. The number of thiazole rings is 1. The van der Waals surface area contributed by atoms with Crippen LogP contribution in [0.5, 0.6) is 11.5 Å². The number of aromatic nitrogens is 4. The van der Waals surface area contributed by atoms with Gasteiger partial charge in [0, 0.05) is 43.4 Å². The van der Waals surface area contributed by atoms with E-state index in [0.29, 0.717) is 30.2 Å². The molecule has 2 aromatic carbocycles. The van der Waals surface area contributed by atoms with Crippen molar-refractivity contribution in [3.05, 3.63) is 60.8 Å². The van der Waals surface area contributed by atoms with Crippen molar-refractivity contribution in [1.29, 1.82) is 0 Å². The van der Waals surface area contributed by atoms with Crippen LogP contribution in [0.4, 0.5) is 5.82 Å². The second kappa shape index (κ2) is 10.2. The van der Waals surface area contributed by atoms with Gasteiger partial charge in [-0.15, -0.1) is 11.3 Å². The number of rotatable bonds is 7. The summed E-state index contributed by atoms with van der Waals surface area (Å²) in [6.07, 6.45) is 5.12. The summed E-state index contributed by atoms with van der Waals surface area (Å²) < 4.78 is 7.47. The Kier molecular flexibility index (Phi) is 6.44. The molecule has 0 saturated carbocycles. The van der Waals surface area contributed by atoms with Gasteiger partial charge in [-0.05, 0) is 55.7 Å². The van der Waals surface area contributed by atoms with Crippen LogP contribution in [0, 0.1) is 0 Å². The molecular weight excluding hydrogens is 484 g/mol. The predicted octanol–water partition coefficient (Wildman–Crippen LogP) is 6.23. The van der Waals surface area contributed by atoms with Crippen molar-refractivity contribution in [1.82, 2.24) is 25.1 Å². The lowest BCUT2D eigenvalue weighted by Crippen LogP contribution is -2.45.